The zero-order chi connectivity index (χ0) is 20.8. The van der Waals surface area contributed by atoms with Crippen LogP contribution in [0.4, 0.5) is 0 Å². The van der Waals surface area contributed by atoms with Gasteiger partial charge in [0.25, 0.3) is 0 Å². The van der Waals surface area contributed by atoms with Crippen molar-refractivity contribution in [1.82, 2.24) is 0 Å². The van der Waals surface area contributed by atoms with Crippen LogP contribution in [0.1, 0.15) is 111 Å². The minimum atomic E-state index is -0.339. The van der Waals surface area contributed by atoms with Crippen LogP contribution in [-0.4, -0.2) is 0 Å². The molecule has 0 aromatic heterocycles. The smallest absolute Gasteiger partial charge is 0.118 e. The molecule has 2 atom stereocenters. The van der Waals surface area contributed by atoms with E-state index in [4.69, 9.17) is 4.74 Å². The molecule has 2 aliphatic rings. The van der Waals surface area contributed by atoms with Crippen LogP contribution in [0.25, 0.3) is 0 Å². The van der Waals surface area contributed by atoms with Crippen molar-refractivity contribution < 1.29 is 4.74 Å². The van der Waals surface area contributed by atoms with Gasteiger partial charge in [-0.25, -0.2) is 0 Å². The highest BCUT2D eigenvalue weighted by atomic mass is 16.5. The highest BCUT2D eigenvalue weighted by molar-refractivity contribution is 5.59. The summed E-state index contributed by atoms with van der Waals surface area (Å²) >= 11 is 0. The van der Waals surface area contributed by atoms with Gasteiger partial charge in [0, 0.05) is 0 Å². The predicted molar refractivity (Wildman–Crippen MR) is 116 cm³/mol. The molecule has 0 saturated heterocycles. The van der Waals surface area contributed by atoms with Crippen LogP contribution in [0.2, 0.25) is 0 Å². The van der Waals surface area contributed by atoms with Crippen molar-refractivity contribution in [3.05, 3.63) is 46.0 Å². The van der Waals surface area contributed by atoms with E-state index in [-0.39, 0.29) is 33.4 Å². The Morgan fingerprint density at radius 3 is 1.70 bits per heavy atom. The largest absolute Gasteiger partial charge is 0.353 e. The van der Waals surface area contributed by atoms with Crippen LogP contribution >= 0.6 is 0 Å². The van der Waals surface area contributed by atoms with E-state index in [1.165, 1.54) is 27.8 Å². The lowest BCUT2D eigenvalue weighted by atomic mass is 9.62. The molecule has 2 bridgehead atoms. The summed E-state index contributed by atoms with van der Waals surface area (Å²) < 4.78 is 6.94. The van der Waals surface area contributed by atoms with Gasteiger partial charge in [-0.05, 0) is 55.6 Å². The standard InChI is InChI=1S/C26H40O/c1-22(2,3)16-13-17-20(18(14-16)23(4,5)6)26(25(10,11)12)15-19(21(17)27-26)24(7,8)9/h13-15,21H,1-12H3/t21-,26-/m0/s1. The molecule has 0 fully saturated rings. The molecule has 1 heteroatoms. The average Bonchev–Trinajstić information content (AvgIpc) is 2.99. The Morgan fingerprint density at radius 1 is 0.741 bits per heavy atom. The van der Waals surface area contributed by atoms with Gasteiger partial charge in [-0.15, -0.1) is 0 Å². The van der Waals surface area contributed by atoms with E-state index in [2.05, 4.69) is 101 Å². The van der Waals surface area contributed by atoms with Crippen LogP contribution in [0.3, 0.4) is 0 Å². The third kappa shape index (κ3) is 3.01. The first-order chi connectivity index (χ1) is 11.9. The van der Waals surface area contributed by atoms with Crippen LogP contribution in [0.15, 0.2) is 23.8 Å². The molecule has 1 nitrogen and oxygen atoms in total. The Morgan fingerprint density at radius 2 is 1.30 bits per heavy atom. The molecular formula is C26H40O. The van der Waals surface area contributed by atoms with Gasteiger partial charge in [0.2, 0.25) is 0 Å². The number of rotatable bonds is 0. The normalized spacial score (nSPS) is 25.6. The first-order valence-corrected chi connectivity index (χ1v) is 10.5. The van der Waals surface area contributed by atoms with E-state index in [1.807, 2.05) is 0 Å². The molecule has 150 valence electrons. The average molecular weight is 369 g/mol. The highest BCUT2D eigenvalue weighted by Crippen LogP contribution is 2.65. The maximum absolute atomic E-state index is 6.94. The number of benzene rings is 1. The fraction of sp³-hybridized carbons (Fsp3) is 0.692. The molecule has 0 saturated carbocycles. The third-order valence-electron chi connectivity index (χ3n) is 6.42. The Hall–Kier alpha value is -1.08. The van der Waals surface area contributed by atoms with Crippen molar-refractivity contribution in [3.63, 3.8) is 0 Å². The monoisotopic (exact) mass is 368 g/mol. The second-order valence-electron chi connectivity index (χ2n) is 12.8. The first kappa shape index (κ1) is 20.6. The molecule has 0 radical (unpaired) electrons. The van der Waals surface area contributed by atoms with E-state index in [0.29, 0.717) is 0 Å². The molecule has 2 heterocycles. The molecule has 0 aliphatic carbocycles. The van der Waals surface area contributed by atoms with Crippen LogP contribution in [0, 0.1) is 10.8 Å². The SMILES string of the molecule is CC(C)(C)C1=C[C@]2(C(C)(C)C)O[C@H]1c1cc(C(C)(C)C)cc(C(C)(C)C)c12. The molecule has 1 aromatic rings. The summed E-state index contributed by atoms with van der Waals surface area (Å²) in [5.41, 5.74) is 7.12. The second kappa shape index (κ2) is 5.50. The highest BCUT2D eigenvalue weighted by Gasteiger charge is 2.59. The van der Waals surface area contributed by atoms with E-state index in [9.17, 15) is 0 Å². The lowest BCUT2D eigenvalue weighted by Crippen LogP contribution is -2.39. The van der Waals surface area contributed by atoms with Gasteiger partial charge < -0.3 is 4.74 Å². The van der Waals surface area contributed by atoms with Crippen molar-refractivity contribution in [2.24, 2.45) is 10.8 Å². The van der Waals surface area contributed by atoms with Gasteiger partial charge in [-0.3, -0.25) is 0 Å². The topological polar surface area (TPSA) is 9.23 Å². The van der Waals surface area contributed by atoms with Crippen LogP contribution in [-0.2, 0) is 21.2 Å². The summed E-state index contributed by atoms with van der Waals surface area (Å²) in [6.45, 7) is 27.9. The number of hydrogen-bond donors (Lipinski definition) is 0. The molecule has 0 N–H and O–H groups in total. The second-order valence-corrected chi connectivity index (χ2v) is 12.8. The zero-order valence-electron chi connectivity index (χ0n) is 19.7. The lowest BCUT2D eigenvalue weighted by Gasteiger charge is -2.42. The van der Waals surface area contributed by atoms with Gasteiger partial charge in [0.05, 0.1) is 0 Å². The Labute approximate surface area is 167 Å². The summed E-state index contributed by atoms with van der Waals surface area (Å²) in [6.07, 6.45) is 2.56. The first-order valence-electron chi connectivity index (χ1n) is 10.5. The summed E-state index contributed by atoms with van der Waals surface area (Å²) in [7, 11) is 0. The minimum Gasteiger partial charge on any atom is -0.353 e. The van der Waals surface area contributed by atoms with Gasteiger partial charge in [0.1, 0.15) is 11.7 Å². The van der Waals surface area contributed by atoms with Gasteiger partial charge in [-0.2, -0.15) is 0 Å². The fourth-order valence-corrected chi connectivity index (χ4v) is 4.63. The minimum absolute atomic E-state index is 0.00719. The van der Waals surface area contributed by atoms with Gasteiger partial charge in [-0.1, -0.05) is 95.2 Å². The number of ether oxygens (including phenoxy) is 1. The summed E-state index contributed by atoms with van der Waals surface area (Å²) in [5, 5.41) is 0. The molecule has 0 amide bonds. The van der Waals surface area contributed by atoms with Crippen molar-refractivity contribution in [2.45, 2.75) is 106 Å². The molecule has 27 heavy (non-hydrogen) atoms. The number of hydrogen-bond acceptors (Lipinski definition) is 1. The van der Waals surface area contributed by atoms with Crippen molar-refractivity contribution >= 4 is 0 Å². The molecule has 3 rings (SSSR count). The molecular weight excluding hydrogens is 328 g/mol. The van der Waals surface area contributed by atoms with Gasteiger partial charge in [0.15, 0.2) is 0 Å². The number of fused-ring (bicyclic) bond motifs is 5. The maximum Gasteiger partial charge on any atom is 0.118 e. The Kier molecular flexibility index (Phi) is 4.21. The van der Waals surface area contributed by atoms with E-state index in [1.54, 1.807) is 0 Å². The van der Waals surface area contributed by atoms with Crippen molar-refractivity contribution in [2.75, 3.05) is 0 Å². The van der Waals surface area contributed by atoms with E-state index < -0.39 is 0 Å². The molecule has 2 aliphatic heterocycles. The van der Waals surface area contributed by atoms with Crippen LogP contribution in [0.5, 0.6) is 0 Å². The quantitative estimate of drug-likeness (QED) is 0.429. The zero-order valence-corrected chi connectivity index (χ0v) is 19.7. The van der Waals surface area contributed by atoms with E-state index >= 15 is 0 Å². The predicted octanol–water partition coefficient (Wildman–Crippen LogP) is 7.58. The maximum atomic E-state index is 6.94. The third-order valence-corrected chi connectivity index (χ3v) is 6.42. The summed E-state index contributed by atoms with van der Waals surface area (Å²) in [6, 6.07) is 4.91. The van der Waals surface area contributed by atoms with Crippen LogP contribution < -0.4 is 0 Å². The van der Waals surface area contributed by atoms with Gasteiger partial charge >= 0.3 is 0 Å². The summed E-state index contributed by atoms with van der Waals surface area (Å²) in [5.74, 6) is 0. The Bertz CT molecular complexity index is 797. The molecule has 0 unspecified atom stereocenters. The Balaban J connectivity index is 2.41. The van der Waals surface area contributed by atoms with Crippen molar-refractivity contribution in [3.8, 4) is 0 Å². The lowest BCUT2D eigenvalue weighted by molar-refractivity contribution is -0.0792. The molecule has 0 spiro atoms. The molecule has 1 aromatic carbocycles. The van der Waals surface area contributed by atoms with Crippen molar-refractivity contribution in [1.29, 1.82) is 0 Å². The fourth-order valence-electron chi connectivity index (χ4n) is 4.63. The van der Waals surface area contributed by atoms with E-state index in [0.717, 1.165) is 0 Å². The summed E-state index contributed by atoms with van der Waals surface area (Å²) in [4.78, 5) is 0.